The molecule has 0 N–H and O–H groups in total. The van der Waals surface area contributed by atoms with Gasteiger partial charge in [0.05, 0.1) is 22.9 Å². The summed E-state index contributed by atoms with van der Waals surface area (Å²) in [5.41, 5.74) is 0.928. The zero-order valence-electron chi connectivity index (χ0n) is 14.7. The van der Waals surface area contributed by atoms with Gasteiger partial charge in [0, 0.05) is 31.9 Å². The largest absolute Gasteiger partial charge is 0.497 e. The molecule has 0 aliphatic carbocycles. The molecule has 8 heteroatoms. The molecule has 4 rings (SSSR count). The number of aromatic nitrogens is 1. The first kappa shape index (κ1) is 17.9. The number of nitrogens with zero attached hydrogens (tertiary/aromatic N) is 3. The Morgan fingerprint density at radius 2 is 1.74 bits per heavy atom. The number of benzene rings is 2. The second kappa shape index (κ2) is 6.92. The van der Waals surface area contributed by atoms with E-state index < -0.39 is 11.7 Å². The smallest absolute Gasteiger partial charge is 0.416 e. The molecule has 0 saturated carbocycles. The molecule has 1 aliphatic rings. The van der Waals surface area contributed by atoms with Gasteiger partial charge in [-0.3, -0.25) is 0 Å². The van der Waals surface area contributed by atoms with Gasteiger partial charge in [-0.1, -0.05) is 17.4 Å². The Hall–Kier alpha value is -2.48. The van der Waals surface area contributed by atoms with Crippen molar-refractivity contribution in [2.75, 3.05) is 43.1 Å². The maximum Gasteiger partial charge on any atom is 0.416 e. The van der Waals surface area contributed by atoms with Gasteiger partial charge in [-0.15, -0.1) is 0 Å². The van der Waals surface area contributed by atoms with Crippen LogP contribution in [0.25, 0.3) is 10.2 Å². The van der Waals surface area contributed by atoms with Crippen molar-refractivity contribution in [2.24, 2.45) is 0 Å². The van der Waals surface area contributed by atoms with Crippen molar-refractivity contribution in [2.45, 2.75) is 6.18 Å². The number of methoxy groups -OCH3 is 1. The molecule has 1 aliphatic heterocycles. The summed E-state index contributed by atoms with van der Waals surface area (Å²) in [6.07, 6.45) is -4.32. The van der Waals surface area contributed by atoms with Crippen molar-refractivity contribution >= 4 is 32.4 Å². The molecular weight excluding hydrogens is 375 g/mol. The average Bonchev–Trinajstić information content (AvgIpc) is 3.10. The van der Waals surface area contributed by atoms with Crippen molar-refractivity contribution in [3.05, 3.63) is 48.0 Å². The quantitative estimate of drug-likeness (QED) is 0.648. The third-order valence-corrected chi connectivity index (χ3v) is 5.75. The van der Waals surface area contributed by atoms with Gasteiger partial charge >= 0.3 is 6.18 Å². The molecule has 2 aromatic carbocycles. The van der Waals surface area contributed by atoms with Crippen molar-refractivity contribution in [1.29, 1.82) is 0 Å². The molecule has 0 radical (unpaired) electrons. The highest BCUT2D eigenvalue weighted by atomic mass is 32.1. The predicted octanol–water partition coefficient (Wildman–Crippen LogP) is 4.65. The first-order chi connectivity index (χ1) is 12.9. The minimum absolute atomic E-state index is 0.609. The third-order valence-electron chi connectivity index (χ3n) is 4.67. The lowest BCUT2D eigenvalue weighted by molar-refractivity contribution is -0.137. The monoisotopic (exact) mass is 393 g/mol. The molecule has 4 nitrogen and oxygen atoms in total. The molecule has 142 valence electrons. The summed E-state index contributed by atoms with van der Waals surface area (Å²) in [5.74, 6) is 0.798. The van der Waals surface area contributed by atoms with Crippen LogP contribution in [0, 0.1) is 0 Å². The van der Waals surface area contributed by atoms with Crippen molar-refractivity contribution < 1.29 is 17.9 Å². The van der Waals surface area contributed by atoms with E-state index in [0.29, 0.717) is 31.9 Å². The summed E-state index contributed by atoms with van der Waals surface area (Å²) < 4.78 is 45.1. The molecule has 0 atom stereocenters. The zero-order chi connectivity index (χ0) is 19.0. The predicted molar refractivity (Wildman–Crippen MR) is 102 cm³/mol. The molecule has 0 amide bonds. The van der Waals surface area contributed by atoms with E-state index in [-0.39, 0.29) is 0 Å². The van der Waals surface area contributed by atoms with Crippen LogP contribution in [-0.4, -0.2) is 38.3 Å². The van der Waals surface area contributed by atoms with E-state index in [1.165, 1.54) is 12.1 Å². The molecule has 3 aromatic rings. The maximum atomic E-state index is 12.9. The molecule has 27 heavy (non-hydrogen) atoms. The Morgan fingerprint density at radius 3 is 2.44 bits per heavy atom. The zero-order valence-corrected chi connectivity index (χ0v) is 15.5. The number of alkyl halides is 3. The third kappa shape index (κ3) is 3.66. The van der Waals surface area contributed by atoms with Gasteiger partial charge in [-0.25, -0.2) is 4.98 Å². The minimum Gasteiger partial charge on any atom is -0.497 e. The van der Waals surface area contributed by atoms with E-state index >= 15 is 0 Å². The normalized spacial score (nSPS) is 15.4. The number of hydrogen-bond donors (Lipinski definition) is 0. The number of hydrogen-bond acceptors (Lipinski definition) is 5. The SMILES string of the molecule is COc1ccc2nc(N3CCN(c4cccc(C(F)(F)F)c4)CC3)sc2c1. The lowest BCUT2D eigenvalue weighted by atomic mass is 10.1. The average molecular weight is 393 g/mol. The number of ether oxygens (including phenoxy) is 1. The molecule has 0 unspecified atom stereocenters. The molecule has 1 aromatic heterocycles. The van der Waals surface area contributed by atoms with Gasteiger partial charge in [0.2, 0.25) is 0 Å². The highest BCUT2D eigenvalue weighted by Crippen LogP contribution is 2.34. The Balaban J connectivity index is 1.48. The van der Waals surface area contributed by atoms with Crippen LogP contribution >= 0.6 is 11.3 Å². The summed E-state index contributed by atoms with van der Waals surface area (Å²) in [5, 5.41) is 0.932. The summed E-state index contributed by atoms with van der Waals surface area (Å²) >= 11 is 1.60. The van der Waals surface area contributed by atoms with E-state index in [0.717, 1.165) is 27.2 Å². The lowest BCUT2D eigenvalue weighted by Gasteiger charge is -2.36. The van der Waals surface area contributed by atoms with E-state index in [1.807, 2.05) is 23.1 Å². The van der Waals surface area contributed by atoms with Gasteiger partial charge in [-0.05, 0) is 36.4 Å². The van der Waals surface area contributed by atoms with Gasteiger partial charge in [0.15, 0.2) is 5.13 Å². The van der Waals surface area contributed by atoms with E-state index in [2.05, 4.69) is 9.88 Å². The van der Waals surface area contributed by atoms with Crippen LogP contribution in [0.4, 0.5) is 24.0 Å². The summed E-state index contributed by atoms with van der Waals surface area (Å²) in [7, 11) is 1.64. The van der Waals surface area contributed by atoms with Crippen LogP contribution < -0.4 is 14.5 Å². The van der Waals surface area contributed by atoms with Crippen LogP contribution in [-0.2, 0) is 6.18 Å². The van der Waals surface area contributed by atoms with Crippen molar-refractivity contribution in [1.82, 2.24) is 4.98 Å². The second-order valence-corrected chi connectivity index (χ2v) is 7.36. The van der Waals surface area contributed by atoms with Crippen LogP contribution in [0.1, 0.15) is 5.56 Å². The number of anilines is 2. The molecule has 0 bridgehead atoms. The fourth-order valence-electron chi connectivity index (χ4n) is 3.19. The Morgan fingerprint density at radius 1 is 1.00 bits per heavy atom. The molecule has 1 saturated heterocycles. The maximum absolute atomic E-state index is 12.9. The van der Waals surface area contributed by atoms with Crippen LogP contribution in [0.5, 0.6) is 5.75 Å². The van der Waals surface area contributed by atoms with Gasteiger partial charge < -0.3 is 14.5 Å². The Labute approximate surface area is 158 Å². The van der Waals surface area contributed by atoms with E-state index in [9.17, 15) is 13.2 Å². The Kier molecular flexibility index (Phi) is 4.59. The number of rotatable bonds is 3. The van der Waals surface area contributed by atoms with E-state index in [4.69, 9.17) is 4.74 Å². The standard InChI is InChI=1S/C19H18F3N3OS/c1-26-15-5-6-16-17(12-15)27-18(23-16)25-9-7-24(8-10-25)14-4-2-3-13(11-14)19(20,21)22/h2-6,11-12H,7-10H2,1H3. The van der Waals surface area contributed by atoms with Crippen LogP contribution in [0.2, 0.25) is 0 Å². The second-order valence-electron chi connectivity index (χ2n) is 6.35. The number of piperazine rings is 1. The first-order valence-corrected chi connectivity index (χ1v) is 9.37. The van der Waals surface area contributed by atoms with Crippen LogP contribution in [0.3, 0.4) is 0 Å². The molecule has 1 fully saturated rings. The van der Waals surface area contributed by atoms with Gasteiger partial charge in [0.1, 0.15) is 5.75 Å². The summed E-state index contributed by atoms with van der Waals surface area (Å²) in [4.78, 5) is 8.85. The highest BCUT2D eigenvalue weighted by molar-refractivity contribution is 7.22. The van der Waals surface area contributed by atoms with Gasteiger partial charge in [0.25, 0.3) is 0 Å². The highest BCUT2D eigenvalue weighted by Gasteiger charge is 2.31. The number of thiazole rings is 1. The molecule has 0 spiro atoms. The van der Waals surface area contributed by atoms with Crippen molar-refractivity contribution in [3.8, 4) is 5.75 Å². The van der Waals surface area contributed by atoms with Crippen LogP contribution in [0.15, 0.2) is 42.5 Å². The first-order valence-electron chi connectivity index (χ1n) is 8.56. The van der Waals surface area contributed by atoms with Gasteiger partial charge in [-0.2, -0.15) is 13.2 Å². The number of halogens is 3. The fraction of sp³-hybridized carbons (Fsp3) is 0.316. The summed E-state index contributed by atoms with van der Waals surface area (Å²) in [6.45, 7) is 2.74. The Bertz CT molecular complexity index is 949. The summed E-state index contributed by atoms with van der Waals surface area (Å²) in [6, 6.07) is 11.3. The van der Waals surface area contributed by atoms with E-state index in [1.54, 1.807) is 24.5 Å². The topological polar surface area (TPSA) is 28.6 Å². The molecular formula is C19H18F3N3OS. The van der Waals surface area contributed by atoms with Crippen molar-refractivity contribution in [3.63, 3.8) is 0 Å². The lowest BCUT2D eigenvalue weighted by Crippen LogP contribution is -2.46. The fourth-order valence-corrected chi connectivity index (χ4v) is 4.24. The molecule has 2 heterocycles. The minimum atomic E-state index is -4.32. The number of fused-ring (bicyclic) bond motifs is 1.